The van der Waals surface area contributed by atoms with E-state index in [0.717, 1.165) is 65.9 Å². The third kappa shape index (κ3) is 4.89. The lowest BCUT2D eigenvalue weighted by atomic mass is 9.83. The minimum Gasteiger partial charge on any atom is -0.508 e. The van der Waals surface area contributed by atoms with Gasteiger partial charge in [0, 0.05) is 42.0 Å². The van der Waals surface area contributed by atoms with Crippen LogP contribution in [0.25, 0.3) is 10.9 Å². The van der Waals surface area contributed by atoms with Crippen LogP contribution in [0.1, 0.15) is 59.3 Å². The van der Waals surface area contributed by atoms with Crippen molar-refractivity contribution in [2.45, 2.75) is 38.6 Å². The number of carbonyl (C=O) groups is 1. The number of aromatic nitrogens is 1. The third-order valence-corrected chi connectivity index (χ3v) is 7.25. The molecule has 3 aromatic carbocycles. The van der Waals surface area contributed by atoms with Crippen molar-refractivity contribution < 1.29 is 9.90 Å². The minimum atomic E-state index is -0.146. The van der Waals surface area contributed by atoms with E-state index in [4.69, 9.17) is 0 Å². The second kappa shape index (κ2) is 11.0. The highest BCUT2D eigenvalue weighted by Crippen LogP contribution is 2.40. The van der Waals surface area contributed by atoms with Gasteiger partial charge in [-0.15, -0.1) is 0 Å². The zero-order chi connectivity index (χ0) is 24.9. The first-order valence-corrected chi connectivity index (χ1v) is 13.1. The lowest BCUT2D eigenvalue weighted by Crippen LogP contribution is -2.30. The van der Waals surface area contributed by atoms with Crippen molar-refractivity contribution in [3.05, 3.63) is 101 Å². The fourth-order valence-electron chi connectivity index (χ4n) is 5.51. The van der Waals surface area contributed by atoms with E-state index in [1.54, 1.807) is 12.1 Å². The van der Waals surface area contributed by atoms with Crippen molar-refractivity contribution in [3.63, 3.8) is 0 Å². The van der Waals surface area contributed by atoms with Crippen LogP contribution in [-0.4, -0.2) is 46.7 Å². The fourth-order valence-corrected chi connectivity index (χ4v) is 5.51. The molecule has 1 aliphatic heterocycles. The Kier molecular flexibility index (Phi) is 7.38. The first kappa shape index (κ1) is 24.1. The van der Waals surface area contributed by atoms with E-state index >= 15 is 0 Å². The topological polar surface area (TPSA) is 57.5 Å². The highest BCUT2D eigenvalue weighted by molar-refractivity contribution is 6.02. The maximum Gasteiger partial charge on any atom is 0.268 e. The van der Waals surface area contributed by atoms with E-state index < -0.39 is 0 Å². The minimum absolute atomic E-state index is 0.0239. The van der Waals surface area contributed by atoms with E-state index in [0.29, 0.717) is 6.54 Å². The number of nitrogens with zero attached hydrogens (tertiary/aromatic N) is 2. The summed E-state index contributed by atoms with van der Waals surface area (Å²) in [6.07, 6.45) is 3.38. The number of para-hydroxylation sites is 1. The summed E-state index contributed by atoms with van der Waals surface area (Å²) in [5.74, 6) is 0.0656. The largest absolute Gasteiger partial charge is 0.508 e. The van der Waals surface area contributed by atoms with Crippen molar-refractivity contribution in [3.8, 4) is 5.75 Å². The van der Waals surface area contributed by atoms with Crippen LogP contribution in [0.2, 0.25) is 0 Å². The second-order valence-electron chi connectivity index (χ2n) is 9.67. The van der Waals surface area contributed by atoms with Gasteiger partial charge in [-0.05, 0) is 61.7 Å². The number of hydrogen-bond donors (Lipinski definition) is 2. The summed E-state index contributed by atoms with van der Waals surface area (Å²) in [6, 6.07) is 26.2. The van der Waals surface area contributed by atoms with Gasteiger partial charge in [0.2, 0.25) is 0 Å². The molecule has 1 amide bonds. The van der Waals surface area contributed by atoms with Crippen LogP contribution >= 0.6 is 0 Å². The summed E-state index contributed by atoms with van der Waals surface area (Å²) < 4.78 is 2.24. The molecule has 0 aliphatic carbocycles. The average Bonchev–Trinajstić information content (AvgIpc) is 3.54. The zero-order valence-corrected chi connectivity index (χ0v) is 21.0. The summed E-state index contributed by atoms with van der Waals surface area (Å²) >= 11 is 0. The predicted molar refractivity (Wildman–Crippen MR) is 146 cm³/mol. The quantitative estimate of drug-likeness (QED) is 0.319. The number of fused-ring (bicyclic) bond motifs is 1. The van der Waals surface area contributed by atoms with E-state index in [2.05, 4.69) is 58.1 Å². The van der Waals surface area contributed by atoms with Crippen LogP contribution in [0.3, 0.4) is 0 Å². The van der Waals surface area contributed by atoms with Gasteiger partial charge in [0.15, 0.2) is 0 Å². The van der Waals surface area contributed by atoms with Gasteiger partial charge in [0.05, 0.1) is 0 Å². The number of carbonyl (C=O) groups excluding carboxylic acids is 1. The molecule has 4 aromatic rings. The first-order valence-electron chi connectivity index (χ1n) is 13.1. The maximum absolute atomic E-state index is 13.8. The van der Waals surface area contributed by atoms with Crippen molar-refractivity contribution in [1.29, 1.82) is 0 Å². The predicted octanol–water partition coefficient (Wildman–Crippen LogP) is 5.76. The summed E-state index contributed by atoms with van der Waals surface area (Å²) in [6.45, 7) is 6.68. The fraction of sp³-hybridized carbons (Fsp3) is 0.323. The normalized spacial score (nSPS) is 14.8. The smallest absolute Gasteiger partial charge is 0.268 e. The second-order valence-corrected chi connectivity index (χ2v) is 9.67. The molecule has 0 bridgehead atoms. The SMILES string of the molecule is CCCNC(=O)c1c(C(c2ccccc2)c2ccc(O)cc2)c2ccccc2n1CCN1CCCC1. The number of phenols is 1. The summed E-state index contributed by atoms with van der Waals surface area (Å²) in [7, 11) is 0. The number of nitrogens with one attached hydrogen (secondary N) is 1. The monoisotopic (exact) mass is 481 g/mol. The van der Waals surface area contributed by atoms with E-state index in [9.17, 15) is 9.90 Å². The molecule has 186 valence electrons. The van der Waals surface area contributed by atoms with E-state index in [-0.39, 0.29) is 17.6 Å². The van der Waals surface area contributed by atoms with Crippen molar-refractivity contribution in [2.24, 2.45) is 0 Å². The van der Waals surface area contributed by atoms with Gasteiger partial charge in [0.1, 0.15) is 11.4 Å². The van der Waals surface area contributed by atoms with Crippen LogP contribution in [-0.2, 0) is 6.54 Å². The highest BCUT2D eigenvalue weighted by atomic mass is 16.3. The van der Waals surface area contributed by atoms with Crippen molar-refractivity contribution >= 4 is 16.8 Å². The van der Waals surface area contributed by atoms with Crippen LogP contribution < -0.4 is 5.32 Å². The van der Waals surface area contributed by atoms with Gasteiger partial charge < -0.3 is 19.9 Å². The molecule has 5 nitrogen and oxygen atoms in total. The molecule has 1 aromatic heterocycles. The maximum atomic E-state index is 13.8. The Morgan fingerprint density at radius 1 is 0.889 bits per heavy atom. The average molecular weight is 482 g/mol. The Labute approximate surface area is 213 Å². The number of aromatic hydroxyl groups is 1. The summed E-state index contributed by atoms with van der Waals surface area (Å²) in [5.41, 5.74) is 5.03. The molecule has 5 heteroatoms. The van der Waals surface area contributed by atoms with Crippen LogP contribution in [0, 0.1) is 0 Å². The molecule has 1 atom stereocenters. The highest BCUT2D eigenvalue weighted by Gasteiger charge is 2.30. The molecular weight excluding hydrogens is 446 g/mol. The van der Waals surface area contributed by atoms with Crippen molar-refractivity contribution in [1.82, 2.24) is 14.8 Å². The van der Waals surface area contributed by atoms with Crippen LogP contribution in [0.15, 0.2) is 78.9 Å². The Balaban J connectivity index is 1.73. The molecule has 2 N–H and O–H groups in total. The summed E-state index contributed by atoms with van der Waals surface area (Å²) in [5, 5.41) is 14.3. The van der Waals surface area contributed by atoms with Gasteiger partial charge in [-0.25, -0.2) is 0 Å². The molecule has 1 unspecified atom stereocenters. The van der Waals surface area contributed by atoms with E-state index in [1.165, 1.54) is 12.8 Å². The molecule has 5 rings (SSSR count). The molecular formula is C31H35N3O2. The van der Waals surface area contributed by atoms with Gasteiger partial charge in [-0.2, -0.15) is 0 Å². The molecule has 1 aliphatic rings. The number of rotatable bonds is 9. The Hall–Kier alpha value is -3.57. The zero-order valence-electron chi connectivity index (χ0n) is 21.0. The third-order valence-electron chi connectivity index (χ3n) is 7.25. The first-order chi connectivity index (χ1) is 17.7. The number of likely N-dealkylation sites (tertiary alicyclic amines) is 1. The molecule has 0 spiro atoms. The number of amides is 1. The molecule has 1 saturated heterocycles. The van der Waals surface area contributed by atoms with E-state index in [1.807, 2.05) is 30.3 Å². The molecule has 1 fully saturated rings. The molecule has 0 saturated carbocycles. The molecule has 2 heterocycles. The molecule has 0 radical (unpaired) electrons. The lowest BCUT2D eigenvalue weighted by Gasteiger charge is -2.22. The van der Waals surface area contributed by atoms with Gasteiger partial charge in [-0.1, -0.05) is 67.6 Å². The molecule has 36 heavy (non-hydrogen) atoms. The number of hydrogen-bond acceptors (Lipinski definition) is 3. The standard InChI is InChI=1S/C31H35N3O2/c1-2-18-32-31(36)30-29(28(23-10-4-3-5-11-23)24-14-16-25(35)17-15-24)26-12-6-7-13-27(26)34(30)22-21-33-19-8-9-20-33/h3-7,10-17,28,35H,2,8-9,18-22H2,1H3,(H,32,36). The lowest BCUT2D eigenvalue weighted by molar-refractivity contribution is 0.0943. The summed E-state index contributed by atoms with van der Waals surface area (Å²) in [4.78, 5) is 16.3. The number of phenolic OH excluding ortho intramolecular Hbond substituents is 1. The van der Waals surface area contributed by atoms with Crippen LogP contribution in [0.4, 0.5) is 0 Å². The van der Waals surface area contributed by atoms with Gasteiger partial charge in [0.25, 0.3) is 5.91 Å². The van der Waals surface area contributed by atoms with Crippen molar-refractivity contribution in [2.75, 3.05) is 26.2 Å². The number of benzene rings is 3. The Bertz CT molecular complexity index is 1310. The van der Waals surface area contributed by atoms with Gasteiger partial charge >= 0.3 is 0 Å². The Morgan fingerprint density at radius 3 is 2.28 bits per heavy atom. The van der Waals surface area contributed by atoms with Gasteiger partial charge in [-0.3, -0.25) is 4.79 Å². The Morgan fingerprint density at radius 2 is 1.56 bits per heavy atom. The van der Waals surface area contributed by atoms with Crippen LogP contribution in [0.5, 0.6) is 5.75 Å².